The first-order valence-electron chi connectivity index (χ1n) is 11.4. The van der Waals surface area contributed by atoms with Gasteiger partial charge in [-0.1, -0.05) is 84.9 Å². The van der Waals surface area contributed by atoms with Crippen molar-refractivity contribution in [2.75, 3.05) is 0 Å². The summed E-state index contributed by atoms with van der Waals surface area (Å²) in [5.41, 5.74) is 8.13. The zero-order valence-electron chi connectivity index (χ0n) is 18.8. The number of nitriles is 1. The molecule has 0 aliphatic heterocycles. The van der Waals surface area contributed by atoms with Gasteiger partial charge in [0, 0.05) is 27.6 Å². The van der Waals surface area contributed by atoms with Gasteiger partial charge in [0.1, 0.15) is 0 Å². The lowest BCUT2D eigenvalue weighted by Crippen LogP contribution is -1.94. The highest BCUT2D eigenvalue weighted by Gasteiger charge is 2.19. The van der Waals surface area contributed by atoms with Crippen molar-refractivity contribution in [1.29, 1.82) is 5.26 Å². The van der Waals surface area contributed by atoms with Gasteiger partial charge in [0.2, 0.25) is 0 Å². The van der Waals surface area contributed by atoms with Gasteiger partial charge in [0.15, 0.2) is 5.69 Å². The number of hydrogen-bond donors (Lipinski definition) is 0. The summed E-state index contributed by atoms with van der Waals surface area (Å²) in [4.78, 5) is 3.74. The molecule has 0 N–H and O–H groups in total. The van der Waals surface area contributed by atoms with Crippen LogP contribution in [0.25, 0.3) is 54.6 Å². The van der Waals surface area contributed by atoms with E-state index in [1.165, 1.54) is 11.1 Å². The van der Waals surface area contributed by atoms with Crippen LogP contribution in [0.1, 0.15) is 5.56 Å². The van der Waals surface area contributed by atoms with Gasteiger partial charge >= 0.3 is 0 Å². The Kier molecular flexibility index (Phi) is 4.88. The molecule has 6 aromatic rings. The highest BCUT2D eigenvalue weighted by Crippen LogP contribution is 2.42. The molecule has 0 saturated heterocycles. The van der Waals surface area contributed by atoms with Gasteiger partial charge < -0.3 is 4.57 Å². The highest BCUT2D eigenvalue weighted by molar-refractivity contribution is 6.17. The summed E-state index contributed by atoms with van der Waals surface area (Å²) in [6.45, 7) is 7.72. The van der Waals surface area contributed by atoms with Gasteiger partial charge in [0.25, 0.3) is 0 Å². The summed E-state index contributed by atoms with van der Waals surface area (Å²) in [7, 11) is 0. The minimum absolute atomic E-state index is 0.487. The van der Waals surface area contributed by atoms with Crippen LogP contribution in [0.3, 0.4) is 0 Å². The molecule has 0 fully saturated rings. The van der Waals surface area contributed by atoms with E-state index in [1.54, 1.807) is 18.2 Å². The predicted octanol–water partition coefficient (Wildman–Crippen LogP) is 8.54. The first-order chi connectivity index (χ1) is 17.3. The monoisotopic (exact) mass is 445 g/mol. The smallest absolute Gasteiger partial charge is 0.196 e. The Morgan fingerprint density at radius 2 is 1.34 bits per heavy atom. The van der Waals surface area contributed by atoms with Crippen LogP contribution < -0.4 is 0 Å². The maximum absolute atomic E-state index is 9.83. The van der Waals surface area contributed by atoms with Gasteiger partial charge in [-0.15, -0.1) is 0 Å². The van der Waals surface area contributed by atoms with Crippen molar-refractivity contribution in [3.63, 3.8) is 0 Å². The minimum Gasteiger partial charge on any atom is -0.309 e. The van der Waals surface area contributed by atoms with Gasteiger partial charge in [0.05, 0.1) is 23.7 Å². The number of fused-ring (bicyclic) bond motifs is 3. The van der Waals surface area contributed by atoms with E-state index >= 15 is 0 Å². The third-order valence-corrected chi connectivity index (χ3v) is 6.48. The highest BCUT2D eigenvalue weighted by atomic mass is 15.0. The predicted molar refractivity (Wildman–Crippen MR) is 143 cm³/mol. The molecular formula is C32H19N3. The summed E-state index contributed by atoms with van der Waals surface area (Å²) in [6, 6.07) is 41.0. The Morgan fingerprint density at radius 1 is 0.657 bits per heavy atom. The molecule has 162 valence electrons. The lowest BCUT2D eigenvalue weighted by molar-refractivity contribution is 1.18. The zero-order valence-corrected chi connectivity index (χ0v) is 18.8. The first kappa shape index (κ1) is 20.5. The van der Waals surface area contributed by atoms with Crippen LogP contribution in [0, 0.1) is 17.9 Å². The van der Waals surface area contributed by atoms with Gasteiger partial charge in [-0.05, 0) is 47.0 Å². The van der Waals surface area contributed by atoms with E-state index in [0.29, 0.717) is 16.8 Å². The van der Waals surface area contributed by atoms with Crippen LogP contribution in [-0.2, 0) is 0 Å². The van der Waals surface area contributed by atoms with Crippen LogP contribution in [0.2, 0.25) is 0 Å². The topological polar surface area (TPSA) is 33.1 Å². The lowest BCUT2D eigenvalue weighted by atomic mass is 9.94. The Labute approximate surface area is 203 Å². The van der Waals surface area contributed by atoms with E-state index < -0.39 is 0 Å². The summed E-state index contributed by atoms with van der Waals surface area (Å²) >= 11 is 0. The second-order valence-corrected chi connectivity index (χ2v) is 8.39. The Balaban J connectivity index is 1.64. The van der Waals surface area contributed by atoms with Crippen LogP contribution >= 0.6 is 0 Å². The summed E-state index contributed by atoms with van der Waals surface area (Å²) < 4.78 is 2.26. The van der Waals surface area contributed by atoms with Crippen molar-refractivity contribution in [1.82, 2.24) is 4.57 Å². The van der Waals surface area contributed by atoms with Crippen LogP contribution in [0.4, 0.5) is 5.69 Å². The first-order valence-corrected chi connectivity index (χ1v) is 11.4. The van der Waals surface area contributed by atoms with E-state index in [0.717, 1.165) is 33.1 Å². The van der Waals surface area contributed by atoms with E-state index in [1.807, 2.05) is 42.5 Å². The van der Waals surface area contributed by atoms with Crippen molar-refractivity contribution in [3.05, 3.63) is 132 Å². The normalized spacial score (nSPS) is 10.8. The second-order valence-electron chi connectivity index (χ2n) is 8.39. The summed E-state index contributed by atoms with van der Waals surface area (Å²) in [5, 5.41) is 12.0. The average molecular weight is 446 g/mol. The maximum atomic E-state index is 9.83. The molecule has 3 nitrogen and oxygen atoms in total. The number of benzene rings is 5. The summed E-state index contributed by atoms with van der Waals surface area (Å²) in [6.07, 6.45) is 0. The van der Waals surface area contributed by atoms with E-state index in [9.17, 15) is 5.26 Å². The fourth-order valence-electron chi connectivity index (χ4n) is 4.95. The van der Waals surface area contributed by atoms with Gasteiger partial charge in [-0.2, -0.15) is 5.26 Å². The van der Waals surface area contributed by atoms with E-state index in [4.69, 9.17) is 6.57 Å². The molecule has 5 aromatic carbocycles. The average Bonchev–Trinajstić information content (AvgIpc) is 3.28. The van der Waals surface area contributed by atoms with Crippen LogP contribution in [-0.4, -0.2) is 4.57 Å². The van der Waals surface area contributed by atoms with Gasteiger partial charge in [-0.25, -0.2) is 4.85 Å². The fourth-order valence-corrected chi connectivity index (χ4v) is 4.95. The third-order valence-electron chi connectivity index (χ3n) is 6.48. The molecule has 1 heterocycles. The lowest BCUT2D eigenvalue weighted by Gasteiger charge is -2.11. The minimum atomic E-state index is 0.487. The van der Waals surface area contributed by atoms with Crippen LogP contribution in [0.5, 0.6) is 0 Å². The molecule has 35 heavy (non-hydrogen) atoms. The molecular weight excluding hydrogens is 426 g/mol. The molecule has 1 aromatic heterocycles. The molecule has 0 amide bonds. The fraction of sp³-hybridized carbons (Fsp3) is 0. The van der Waals surface area contributed by atoms with Crippen molar-refractivity contribution in [2.24, 2.45) is 0 Å². The molecule has 0 saturated carbocycles. The number of para-hydroxylation sites is 1. The molecule has 0 bridgehead atoms. The van der Waals surface area contributed by atoms with Crippen molar-refractivity contribution < 1.29 is 0 Å². The standard InChI is InChI=1S/C32H19N3/c1-34-28-14-7-11-24(21-33)31(28)27-13-8-16-30-32(27)26-12-5-6-15-29(26)35(30)25-19-17-23(18-20-25)22-9-3-2-4-10-22/h2-20H. The SMILES string of the molecule is [C-]#[N+]c1cccc(C#N)c1-c1cccc2c1c1ccccc1n2-c1ccc(-c2ccccc2)cc1. The van der Waals surface area contributed by atoms with Crippen LogP contribution in [0.15, 0.2) is 115 Å². The Bertz CT molecular complexity index is 1760. The molecule has 0 atom stereocenters. The molecule has 0 radical (unpaired) electrons. The maximum Gasteiger partial charge on any atom is 0.196 e. The molecule has 6 rings (SSSR count). The number of nitrogens with zero attached hydrogens (tertiary/aromatic N) is 3. The quantitative estimate of drug-likeness (QED) is 0.251. The zero-order chi connectivity index (χ0) is 23.8. The number of rotatable bonds is 3. The summed E-state index contributed by atoms with van der Waals surface area (Å²) in [5.74, 6) is 0. The Morgan fingerprint density at radius 3 is 2.11 bits per heavy atom. The van der Waals surface area contributed by atoms with Crippen molar-refractivity contribution in [3.8, 4) is 34.0 Å². The third kappa shape index (κ3) is 3.27. The van der Waals surface area contributed by atoms with E-state index in [-0.39, 0.29) is 0 Å². The molecule has 0 aliphatic rings. The van der Waals surface area contributed by atoms with Gasteiger partial charge in [-0.3, -0.25) is 0 Å². The second kappa shape index (κ2) is 8.34. The van der Waals surface area contributed by atoms with Crippen molar-refractivity contribution in [2.45, 2.75) is 0 Å². The van der Waals surface area contributed by atoms with Crippen molar-refractivity contribution >= 4 is 27.5 Å². The molecule has 3 heteroatoms. The molecule has 0 aliphatic carbocycles. The molecule has 0 unspecified atom stereocenters. The number of aromatic nitrogens is 1. The molecule has 0 spiro atoms. The van der Waals surface area contributed by atoms with E-state index in [2.05, 4.69) is 70.1 Å². The largest absolute Gasteiger partial charge is 0.309 e. The number of hydrogen-bond acceptors (Lipinski definition) is 1. The Hall–Kier alpha value is -5.12.